The molecule has 3 nitrogen and oxygen atoms in total. The Balaban J connectivity index is 2.53. The van der Waals surface area contributed by atoms with Gasteiger partial charge in [0.15, 0.2) is 0 Å². The van der Waals surface area contributed by atoms with Crippen molar-refractivity contribution in [1.29, 1.82) is 0 Å². The average Bonchev–Trinajstić information content (AvgIpc) is 2.84. The van der Waals surface area contributed by atoms with Gasteiger partial charge in [-0.3, -0.25) is 0 Å². The molecule has 154 valence electrons. The highest BCUT2D eigenvalue weighted by Crippen LogP contribution is 2.38. The second-order valence-electron chi connectivity index (χ2n) is 9.07. The van der Waals surface area contributed by atoms with Crippen molar-refractivity contribution in [3.63, 3.8) is 0 Å². The minimum absolute atomic E-state index is 0.393. The van der Waals surface area contributed by atoms with Crippen molar-refractivity contribution in [1.82, 2.24) is 0 Å². The van der Waals surface area contributed by atoms with Crippen LogP contribution in [0.25, 0.3) is 0 Å². The molecule has 1 aromatic carbocycles. The highest BCUT2D eigenvalue weighted by Gasteiger charge is 2.52. The van der Waals surface area contributed by atoms with E-state index in [4.69, 9.17) is 9.31 Å². The van der Waals surface area contributed by atoms with Crippen LogP contribution in [-0.2, 0) is 14.9 Å². The molecule has 1 aliphatic rings. The lowest BCUT2D eigenvalue weighted by Gasteiger charge is -2.32. The van der Waals surface area contributed by atoms with Gasteiger partial charge in [0.05, 0.1) is 16.8 Å². The SMILES string of the molecule is CC#Cc1c(C)cc(B2OC(C)(C)C(C)(C)O2)cc1C(O)(CC)CCCCC. The van der Waals surface area contributed by atoms with Gasteiger partial charge in [0.25, 0.3) is 0 Å². The molecule has 1 atom stereocenters. The summed E-state index contributed by atoms with van der Waals surface area (Å²) < 4.78 is 12.5. The second kappa shape index (κ2) is 8.62. The standard InChI is InChI=1S/C24H37BO3/c1-9-12-13-15-24(26,11-3)21-17-19(16-18(4)20(21)14-10-2)25-27-22(5,6)23(7,8)28-25/h16-17,26H,9,11-13,15H2,1-8H3. The van der Waals surface area contributed by atoms with Crippen molar-refractivity contribution in [2.24, 2.45) is 0 Å². The van der Waals surface area contributed by atoms with E-state index in [2.05, 4.69) is 65.5 Å². The van der Waals surface area contributed by atoms with Crippen molar-refractivity contribution in [2.45, 2.75) is 104 Å². The lowest BCUT2D eigenvalue weighted by atomic mass is 9.73. The quantitative estimate of drug-likeness (QED) is 0.415. The number of aryl methyl sites for hydroxylation is 1. The molecule has 0 amide bonds. The van der Waals surface area contributed by atoms with E-state index in [1.54, 1.807) is 0 Å². The van der Waals surface area contributed by atoms with Crippen molar-refractivity contribution in [2.75, 3.05) is 0 Å². The molecule has 1 fully saturated rings. The summed E-state index contributed by atoms with van der Waals surface area (Å²) in [7, 11) is -0.442. The van der Waals surface area contributed by atoms with E-state index < -0.39 is 23.9 Å². The molecule has 1 N–H and O–H groups in total. The van der Waals surface area contributed by atoms with Crippen LogP contribution in [0.4, 0.5) is 0 Å². The molecule has 1 unspecified atom stereocenters. The van der Waals surface area contributed by atoms with Crippen LogP contribution in [0.5, 0.6) is 0 Å². The van der Waals surface area contributed by atoms with Crippen LogP contribution < -0.4 is 5.46 Å². The summed E-state index contributed by atoms with van der Waals surface area (Å²) >= 11 is 0. The summed E-state index contributed by atoms with van der Waals surface area (Å²) in [6, 6.07) is 4.15. The Hall–Kier alpha value is -1.28. The Labute approximate surface area is 172 Å². The Morgan fingerprint density at radius 2 is 1.68 bits per heavy atom. The van der Waals surface area contributed by atoms with E-state index >= 15 is 0 Å². The third-order valence-corrected chi connectivity index (χ3v) is 6.41. The molecule has 0 aromatic heterocycles. The van der Waals surface area contributed by atoms with Crippen LogP contribution in [-0.4, -0.2) is 23.4 Å². The molecule has 4 heteroatoms. The molecule has 1 saturated heterocycles. The van der Waals surface area contributed by atoms with Gasteiger partial charge in [-0.2, -0.15) is 0 Å². The van der Waals surface area contributed by atoms with E-state index in [0.717, 1.165) is 47.8 Å². The molecule has 0 saturated carbocycles. The molecule has 1 aliphatic heterocycles. The first-order valence-corrected chi connectivity index (χ1v) is 10.7. The smallest absolute Gasteiger partial charge is 0.399 e. The third kappa shape index (κ3) is 4.48. The minimum atomic E-state index is -0.890. The highest BCUT2D eigenvalue weighted by atomic mass is 16.7. The van der Waals surface area contributed by atoms with Crippen LogP contribution in [0.1, 0.15) is 97.3 Å². The van der Waals surface area contributed by atoms with Gasteiger partial charge in [-0.1, -0.05) is 51.2 Å². The first kappa shape index (κ1) is 23.0. The lowest BCUT2D eigenvalue weighted by molar-refractivity contribution is 0.00578. The fraction of sp³-hybridized carbons (Fsp3) is 0.667. The maximum Gasteiger partial charge on any atom is 0.494 e. The van der Waals surface area contributed by atoms with E-state index in [1.165, 1.54) is 0 Å². The number of unbranched alkanes of at least 4 members (excludes halogenated alkanes) is 2. The van der Waals surface area contributed by atoms with Crippen LogP contribution >= 0.6 is 0 Å². The fourth-order valence-electron chi connectivity index (χ4n) is 3.76. The van der Waals surface area contributed by atoms with Crippen LogP contribution in [0.15, 0.2) is 12.1 Å². The first-order chi connectivity index (χ1) is 13.0. The number of rotatable bonds is 7. The van der Waals surface area contributed by atoms with Crippen molar-refractivity contribution in [3.05, 3.63) is 28.8 Å². The summed E-state index contributed by atoms with van der Waals surface area (Å²) in [4.78, 5) is 0. The Morgan fingerprint density at radius 3 is 2.18 bits per heavy atom. The largest absolute Gasteiger partial charge is 0.494 e. The van der Waals surface area contributed by atoms with Crippen LogP contribution in [0.3, 0.4) is 0 Å². The average molecular weight is 384 g/mol. The third-order valence-electron chi connectivity index (χ3n) is 6.41. The zero-order chi connectivity index (χ0) is 21.2. The van der Waals surface area contributed by atoms with E-state index in [-0.39, 0.29) is 0 Å². The maximum absolute atomic E-state index is 11.6. The normalized spacial score (nSPS) is 19.8. The molecular weight excluding hydrogens is 347 g/mol. The monoisotopic (exact) mass is 384 g/mol. The van der Waals surface area contributed by atoms with Gasteiger partial charge in [0, 0.05) is 5.56 Å². The van der Waals surface area contributed by atoms with Crippen LogP contribution in [0.2, 0.25) is 0 Å². The van der Waals surface area contributed by atoms with Crippen molar-refractivity contribution < 1.29 is 14.4 Å². The van der Waals surface area contributed by atoms with E-state index in [9.17, 15) is 5.11 Å². The molecule has 0 aliphatic carbocycles. The molecule has 0 radical (unpaired) electrons. The predicted molar refractivity (Wildman–Crippen MR) is 118 cm³/mol. The Bertz CT molecular complexity index is 741. The summed E-state index contributed by atoms with van der Waals surface area (Å²) in [6.45, 7) is 16.4. The van der Waals surface area contributed by atoms with Gasteiger partial charge in [0.1, 0.15) is 0 Å². The summed E-state index contributed by atoms with van der Waals surface area (Å²) in [5.41, 5.74) is 2.17. The first-order valence-electron chi connectivity index (χ1n) is 10.7. The Kier molecular flexibility index (Phi) is 7.08. The van der Waals surface area contributed by atoms with Gasteiger partial charge >= 0.3 is 7.12 Å². The van der Waals surface area contributed by atoms with Gasteiger partial charge < -0.3 is 14.4 Å². The predicted octanol–water partition coefficient (Wildman–Crippen LogP) is 4.84. The van der Waals surface area contributed by atoms with Crippen molar-refractivity contribution >= 4 is 12.6 Å². The summed E-state index contributed by atoms with van der Waals surface area (Å²) in [5, 5.41) is 11.6. The van der Waals surface area contributed by atoms with Crippen LogP contribution in [0, 0.1) is 18.8 Å². The molecule has 2 rings (SSSR count). The number of hydrogen-bond donors (Lipinski definition) is 1. The molecule has 0 bridgehead atoms. The van der Waals surface area contributed by atoms with Crippen molar-refractivity contribution in [3.8, 4) is 11.8 Å². The lowest BCUT2D eigenvalue weighted by Crippen LogP contribution is -2.41. The molecule has 1 aromatic rings. The Morgan fingerprint density at radius 1 is 1.07 bits per heavy atom. The summed E-state index contributed by atoms with van der Waals surface area (Å²) in [6.07, 6.45) is 4.64. The molecule has 28 heavy (non-hydrogen) atoms. The van der Waals surface area contributed by atoms with Gasteiger partial charge in [0.2, 0.25) is 0 Å². The zero-order valence-corrected chi connectivity index (χ0v) is 19.0. The maximum atomic E-state index is 11.6. The molecule has 0 spiro atoms. The highest BCUT2D eigenvalue weighted by molar-refractivity contribution is 6.62. The topological polar surface area (TPSA) is 38.7 Å². The minimum Gasteiger partial charge on any atom is -0.399 e. The number of benzene rings is 1. The van der Waals surface area contributed by atoms with Gasteiger partial charge in [-0.15, -0.1) is 5.92 Å². The molecular formula is C24H37BO3. The van der Waals surface area contributed by atoms with E-state index in [0.29, 0.717) is 6.42 Å². The number of hydrogen-bond acceptors (Lipinski definition) is 3. The fourth-order valence-corrected chi connectivity index (χ4v) is 3.76. The second-order valence-corrected chi connectivity index (χ2v) is 9.07. The van der Waals surface area contributed by atoms with E-state index in [1.807, 2.05) is 13.8 Å². The zero-order valence-electron chi connectivity index (χ0n) is 19.0. The van der Waals surface area contributed by atoms with Gasteiger partial charge in [-0.25, -0.2) is 0 Å². The number of aliphatic hydroxyl groups is 1. The summed E-state index contributed by atoms with van der Waals surface area (Å²) in [5.74, 6) is 6.25. The molecule has 1 heterocycles. The van der Waals surface area contributed by atoms with Gasteiger partial charge in [-0.05, 0) is 71.0 Å².